The summed E-state index contributed by atoms with van der Waals surface area (Å²) in [6.45, 7) is 5.83. The van der Waals surface area contributed by atoms with Crippen molar-refractivity contribution in [2.45, 2.75) is 31.7 Å². The van der Waals surface area contributed by atoms with E-state index in [1.807, 2.05) is 0 Å². The normalized spacial score (nSPS) is 25.1. The number of likely N-dealkylation sites (tertiary alicyclic amines) is 1. The number of piperazine rings is 1. The van der Waals surface area contributed by atoms with E-state index in [2.05, 4.69) is 16.8 Å². The minimum atomic E-state index is -0.866. The summed E-state index contributed by atoms with van der Waals surface area (Å²) in [6.07, 6.45) is 2.70. The number of hydrogen-bond acceptors (Lipinski definition) is 4. The van der Waals surface area contributed by atoms with Crippen LogP contribution in [0.1, 0.15) is 25.7 Å². The van der Waals surface area contributed by atoms with Gasteiger partial charge in [0, 0.05) is 39.1 Å². The van der Waals surface area contributed by atoms with E-state index in [9.17, 15) is 9.59 Å². The van der Waals surface area contributed by atoms with Crippen molar-refractivity contribution >= 4 is 11.9 Å². The van der Waals surface area contributed by atoms with E-state index < -0.39 is 12.0 Å². The van der Waals surface area contributed by atoms with Crippen LogP contribution in [-0.4, -0.2) is 84.0 Å². The zero-order valence-corrected chi connectivity index (χ0v) is 12.3. The molecule has 2 saturated heterocycles. The average Bonchev–Trinajstić information content (AvgIpc) is 2.90. The summed E-state index contributed by atoms with van der Waals surface area (Å²) in [6, 6.07) is -0.592. The molecule has 1 N–H and O–H groups in total. The van der Waals surface area contributed by atoms with Crippen molar-refractivity contribution in [2.24, 2.45) is 0 Å². The monoisotopic (exact) mass is 283 g/mol. The van der Waals surface area contributed by atoms with Crippen molar-refractivity contribution in [1.29, 1.82) is 0 Å². The first-order valence-electron chi connectivity index (χ1n) is 7.51. The molecule has 1 amide bonds. The molecule has 2 fully saturated rings. The van der Waals surface area contributed by atoms with Gasteiger partial charge >= 0.3 is 5.97 Å². The SMILES string of the molecule is CN1CCN(CCCC(=O)N2CCCC2C(=O)O)CC1. The molecule has 0 radical (unpaired) electrons. The summed E-state index contributed by atoms with van der Waals surface area (Å²) in [7, 11) is 2.13. The highest BCUT2D eigenvalue weighted by Gasteiger charge is 2.33. The van der Waals surface area contributed by atoms with Crippen LogP contribution in [0.5, 0.6) is 0 Å². The van der Waals surface area contributed by atoms with Crippen LogP contribution < -0.4 is 0 Å². The molecular formula is C14H25N3O3. The minimum absolute atomic E-state index is 0.00373. The lowest BCUT2D eigenvalue weighted by Crippen LogP contribution is -2.45. The van der Waals surface area contributed by atoms with Crippen molar-refractivity contribution in [3.8, 4) is 0 Å². The quantitative estimate of drug-likeness (QED) is 0.775. The van der Waals surface area contributed by atoms with Crippen LogP contribution >= 0.6 is 0 Å². The molecule has 0 aromatic heterocycles. The van der Waals surface area contributed by atoms with Gasteiger partial charge in [0.1, 0.15) is 6.04 Å². The van der Waals surface area contributed by atoms with E-state index in [1.165, 1.54) is 0 Å². The molecule has 20 heavy (non-hydrogen) atoms. The highest BCUT2D eigenvalue weighted by Crippen LogP contribution is 2.19. The summed E-state index contributed by atoms with van der Waals surface area (Å²) in [4.78, 5) is 29.4. The zero-order chi connectivity index (χ0) is 14.5. The second-order valence-electron chi connectivity index (χ2n) is 5.83. The summed E-state index contributed by atoms with van der Waals surface area (Å²) < 4.78 is 0. The first kappa shape index (κ1) is 15.3. The third kappa shape index (κ3) is 3.93. The topological polar surface area (TPSA) is 64.1 Å². The molecule has 2 rings (SSSR count). The van der Waals surface area contributed by atoms with Crippen LogP contribution in [0.3, 0.4) is 0 Å². The number of carboxylic acids is 1. The molecule has 2 aliphatic rings. The fourth-order valence-corrected chi connectivity index (χ4v) is 2.99. The summed E-state index contributed by atoms with van der Waals surface area (Å²) in [5.41, 5.74) is 0. The Morgan fingerprint density at radius 3 is 2.50 bits per heavy atom. The predicted octanol–water partition coefficient (Wildman–Crippen LogP) is 0.0896. The maximum Gasteiger partial charge on any atom is 0.326 e. The van der Waals surface area contributed by atoms with Crippen LogP contribution in [0.2, 0.25) is 0 Å². The minimum Gasteiger partial charge on any atom is -0.480 e. The number of nitrogens with zero attached hydrogens (tertiary/aromatic N) is 3. The lowest BCUT2D eigenvalue weighted by atomic mass is 10.2. The molecule has 0 aliphatic carbocycles. The van der Waals surface area contributed by atoms with Gasteiger partial charge in [-0.25, -0.2) is 4.79 Å². The third-order valence-corrected chi connectivity index (χ3v) is 4.32. The average molecular weight is 283 g/mol. The Bertz CT molecular complexity index is 354. The van der Waals surface area contributed by atoms with E-state index >= 15 is 0 Å². The van der Waals surface area contributed by atoms with Gasteiger partial charge in [-0.1, -0.05) is 0 Å². The van der Waals surface area contributed by atoms with Gasteiger partial charge in [0.25, 0.3) is 0 Å². The van der Waals surface area contributed by atoms with Crippen LogP contribution in [-0.2, 0) is 9.59 Å². The predicted molar refractivity (Wildman–Crippen MR) is 75.5 cm³/mol. The fraction of sp³-hybridized carbons (Fsp3) is 0.857. The Hall–Kier alpha value is -1.14. The van der Waals surface area contributed by atoms with Crippen molar-refractivity contribution in [3.63, 3.8) is 0 Å². The molecule has 1 atom stereocenters. The Balaban J connectivity index is 1.68. The molecule has 0 saturated carbocycles. The van der Waals surface area contributed by atoms with Gasteiger partial charge in [-0.05, 0) is 32.9 Å². The smallest absolute Gasteiger partial charge is 0.326 e. The largest absolute Gasteiger partial charge is 0.480 e. The number of carboxylic acid groups (broad SMARTS) is 1. The van der Waals surface area contributed by atoms with Crippen molar-refractivity contribution in [1.82, 2.24) is 14.7 Å². The summed E-state index contributed by atoms with van der Waals surface area (Å²) in [5, 5.41) is 9.08. The molecule has 6 nitrogen and oxygen atoms in total. The van der Waals surface area contributed by atoms with Gasteiger partial charge in [-0.15, -0.1) is 0 Å². The number of amides is 1. The van der Waals surface area contributed by atoms with Crippen LogP contribution in [0.4, 0.5) is 0 Å². The number of carbonyl (C=O) groups excluding carboxylic acids is 1. The highest BCUT2D eigenvalue weighted by atomic mass is 16.4. The Morgan fingerprint density at radius 2 is 1.85 bits per heavy atom. The van der Waals surface area contributed by atoms with E-state index in [0.29, 0.717) is 19.4 Å². The molecule has 1 unspecified atom stereocenters. The second kappa shape index (κ2) is 7.04. The second-order valence-corrected chi connectivity index (χ2v) is 5.83. The first-order valence-corrected chi connectivity index (χ1v) is 7.51. The molecule has 114 valence electrons. The molecule has 0 aromatic rings. The van der Waals surface area contributed by atoms with E-state index in [1.54, 1.807) is 4.90 Å². The Morgan fingerprint density at radius 1 is 1.15 bits per heavy atom. The van der Waals surface area contributed by atoms with Gasteiger partial charge in [-0.2, -0.15) is 0 Å². The van der Waals surface area contributed by atoms with E-state index in [4.69, 9.17) is 5.11 Å². The molecule has 2 heterocycles. The van der Waals surface area contributed by atoms with E-state index in [0.717, 1.165) is 45.6 Å². The standard InChI is InChI=1S/C14H25N3O3/c1-15-8-10-16(11-9-15)6-3-5-13(18)17-7-2-4-12(17)14(19)20/h12H,2-11H2,1H3,(H,19,20). The maximum absolute atomic E-state index is 12.1. The molecular weight excluding hydrogens is 258 g/mol. The highest BCUT2D eigenvalue weighted by molar-refractivity contribution is 5.84. The first-order chi connectivity index (χ1) is 9.58. The molecule has 0 spiro atoms. The number of aliphatic carboxylic acids is 1. The Labute approximate surface area is 120 Å². The zero-order valence-electron chi connectivity index (χ0n) is 12.3. The number of rotatable bonds is 5. The third-order valence-electron chi connectivity index (χ3n) is 4.32. The molecule has 0 bridgehead atoms. The maximum atomic E-state index is 12.1. The Kier molecular flexibility index (Phi) is 5.37. The molecule has 6 heteroatoms. The van der Waals surface area contributed by atoms with Crippen LogP contribution in [0, 0.1) is 0 Å². The van der Waals surface area contributed by atoms with Crippen molar-refractivity contribution in [2.75, 3.05) is 46.3 Å². The van der Waals surface area contributed by atoms with Gasteiger partial charge in [0.2, 0.25) is 5.91 Å². The number of hydrogen-bond donors (Lipinski definition) is 1. The molecule has 0 aromatic carbocycles. The van der Waals surface area contributed by atoms with E-state index in [-0.39, 0.29) is 5.91 Å². The lowest BCUT2D eigenvalue weighted by molar-refractivity contribution is -0.148. The summed E-state index contributed by atoms with van der Waals surface area (Å²) >= 11 is 0. The van der Waals surface area contributed by atoms with Gasteiger partial charge in [-0.3, -0.25) is 4.79 Å². The lowest BCUT2D eigenvalue weighted by Gasteiger charge is -2.32. The van der Waals surface area contributed by atoms with Crippen LogP contribution in [0.25, 0.3) is 0 Å². The fourth-order valence-electron chi connectivity index (χ4n) is 2.99. The number of carbonyl (C=O) groups is 2. The number of likely N-dealkylation sites (N-methyl/N-ethyl adjacent to an activating group) is 1. The van der Waals surface area contributed by atoms with Crippen molar-refractivity contribution in [3.05, 3.63) is 0 Å². The summed E-state index contributed by atoms with van der Waals surface area (Å²) in [5.74, 6) is -0.862. The van der Waals surface area contributed by atoms with Crippen molar-refractivity contribution < 1.29 is 14.7 Å². The van der Waals surface area contributed by atoms with Crippen LogP contribution in [0.15, 0.2) is 0 Å². The molecule has 2 aliphatic heterocycles. The van der Waals surface area contributed by atoms with Gasteiger partial charge in [0.05, 0.1) is 0 Å². The van der Waals surface area contributed by atoms with Gasteiger partial charge in [0.15, 0.2) is 0 Å². The van der Waals surface area contributed by atoms with Gasteiger partial charge < -0.3 is 19.8 Å².